The molecule has 0 saturated carbocycles. The zero-order chi connectivity index (χ0) is 23.1. The molecule has 2 N–H and O–H groups in total. The molecule has 1 saturated heterocycles. The highest BCUT2D eigenvalue weighted by Crippen LogP contribution is 2.47. The summed E-state index contributed by atoms with van der Waals surface area (Å²) in [5, 5.41) is 13.2. The summed E-state index contributed by atoms with van der Waals surface area (Å²) < 4.78 is 15.0. The second-order valence-electron chi connectivity index (χ2n) is 9.46. The lowest BCUT2D eigenvalue weighted by Gasteiger charge is -2.35. The van der Waals surface area contributed by atoms with Crippen molar-refractivity contribution < 1.29 is 14.3 Å². The molecule has 1 aromatic carbocycles. The molecule has 1 aliphatic carbocycles. The minimum absolute atomic E-state index is 0.00723. The Morgan fingerprint density at radius 3 is 2.67 bits per heavy atom. The number of benzene rings is 1. The van der Waals surface area contributed by atoms with Crippen LogP contribution in [0.3, 0.4) is 0 Å². The lowest BCUT2D eigenvalue weighted by Crippen LogP contribution is -2.45. The van der Waals surface area contributed by atoms with E-state index in [0.717, 1.165) is 48.1 Å². The minimum atomic E-state index is -0.474. The Morgan fingerprint density at radius 1 is 1.18 bits per heavy atom. The Labute approximate surface area is 192 Å². The van der Waals surface area contributed by atoms with Crippen LogP contribution < -0.4 is 10.9 Å². The summed E-state index contributed by atoms with van der Waals surface area (Å²) in [6.07, 6.45) is 6.38. The van der Waals surface area contributed by atoms with Crippen molar-refractivity contribution >= 4 is 11.5 Å². The number of carbonyl (C=O) groups is 1. The van der Waals surface area contributed by atoms with Crippen molar-refractivity contribution in [2.45, 2.75) is 50.9 Å². The normalized spacial score (nSPS) is 26.6. The Bertz CT molecular complexity index is 1140. The predicted molar refractivity (Wildman–Crippen MR) is 124 cm³/mol. The first kappa shape index (κ1) is 22.0. The number of aromatic nitrogens is 1. The molecule has 2 aliphatic heterocycles. The van der Waals surface area contributed by atoms with E-state index in [9.17, 15) is 19.1 Å². The molecular formula is C26H30FN3O3. The predicted octanol–water partition coefficient (Wildman–Crippen LogP) is 2.85. The van der Waals surface area contributed by atoms with Gasteiger partial charge in [0.05, 0.1) is 12.0 Å². The molecule has 6 nitrogen and oxygen atoms in total. The van der Waals surface area contributed by atoms with Gasteiger partial charge in [-0.15, -0.1) is 0 Å². The third kappa shape index (κ3) is 3.83. The van der Waals surface area contributed by atoms with E-state index in [1.165, 1.54) is 12.1 Å². The molecule has 0 unspecified atom stereocenters. The maximum absolute atomic E-state index is 13.5. The number of nitrogens with one attached hydrogen (secondary N) is 1. The number of aliphatic hydroxyl groups is 1. The first-order valence-electron chi connectivity index (χ1n) is 11.8. The topological polar surface area (TPSA) is 74.6 Å². The van der Waals surface area contributed by atoms with Crippen LogP contribution in [0.1, 0.15) is 48.5 Å². The number of fused-ring (bicyclic) bond motifs is 4. The van der Waals surface area contributed by atoms with Gasteiger partial charge in [-0.2, -0.15) is 0 Å². The minimum Gasteiger partial charge on any atom is -0.396 e. The molecule has 5 rings (SSSR count). The van der Waals surface area contributed by atoms with Crippen molar-refractivity contribution in [1.29, 1.82) is 0 Å². The van der Waals surface area contributed by atoms with Gasteiger partial charge >= 0.3 is 0 Å². The van der Waals surface area contributed by atoms with E-state index >= 15 is 0 Å². The molecule has 1 amide bonds. The number of pyridine rings is 1. The summed E-state index contributed by atoms with van der Waals surface area (Å²) in [4.78, 5) is 28.9. The Kier molecular flexibility index (Phi) is 5.93. The van der Waals surface area contributed by atoms with E-state index in [1.54, 1.807) is 12.1 Å². The number of carbonyl (C=O) groups excluding carboxylic acids is 1. The maximum atomic E-state index is 13.5. The first-order chi connectivity index (χ1) is 16.0. The molecule has 0 radical (unpaired) electrons. The standard InChI is InChI=1S/C26H30FN3O3/c1-29-22-14-30-21(12-11-19(26(30)33)17-5-3-2-4-6-17)24(29)23(20(22)15-31)25(32)28-13-16-7-9-18(27)10-8-16/h5,7-12,20,22-24,31H,2-4,6,13-15H2,1H3,(H,28,32)/t20-,22-,23+,24+/m0/s1. The van der Waals surface area contributed by atoms with E-state index in [1.807, 2.05) is 23.7 Å². The third-order valence-electron chi connectivity index (χ3n) is 7.67. The van der Waals surface area contributed by atoms with Crippen molar-refractivity contribution in [3.05, 3.63) is 75.5 Å². The van der Waals surface area contributed by atoms with Gasteiger partial charge < -0.3 is 15.0 Å². The summed E-state index contributed by atoms with van der Waals surface area (Å²) in [6, 6.07) is 9.57. The van der Waals surface area contributed by atoms with Crippen LogP contribution in [-0.4, -0.2) is 40.2 Å². The highest BCUT2D eigenvalue weighted by Gasteiger charge is 2.54. The SMILES string of the molecule is CN1[C@@H]2c3ccc(C4=CCCCC4)c(=O)n3C[C@H]1[C@H](CO)[C@H]2C(=O)NCc1ccc(F)cc1. The molecule has 4 atom stereocenters. The summed E-state index contributed by atoms with van der Waals surface area (Å²) in [6.45, 7) is 0.630. The number of hydrogen-bond donors (Lipinski definition) is 2. The average molecular weight is 452 g/mol. The molecule has 174 valence electrons. The number of likely N-dealkylation sites (N-methyl/N-ethyl adjacent to an activating group) is 1. The molecule has 3 aliphatic rings. The van der Waals surface area contributed by atoms with E-state index in [4.69, 9.17) is 0 Å². The van der Waals surface area contributed by atoms with Gasteiger partial charge in [-0.3, -0.25) is 14.5 Å². The number of allylic oxidation sites excluding steroid dienone is 2. The van der Waals surface area contributed by atoms with Crippen molar-refractivity contribution in [3.63, 3.8) is 0 Å². The van der Waals surface area contributed by atoms with Crippen LogP contribution in [0.25, 0.3) is 5.57 Å². The van der Waals surface area contributed by atoms with Crippen LogP contribution in [-0.2, 0) is 17.9 Å². The highest BCUT2D eigenvalue weighted by molar-refractivity contribution is 5.80. The monoisotopic (exact) mass is 451 g/mol. The molecule has 2 aromatic rings. The van der Waals surface area contributed by atoms with Crippen LogP contribution in [0.4, 0.5) is 4.39 Å². The van der Waals surface area contributed by atoms with Gasteiger partial charge in [0, 0.05) is 42.9 Å². The fourth-order valence-electron chi connectivity index (χ4n) is 5.93. The number of hydrogen-bond acceptors (Lipinski definition) is 4. The van der Waals surface area contributed by atoms with Gasteiger partial charge in [-0.05, 0) is 68.1 Å². The van der Waals surface area contributed by atoms with Gasteiger partial charge in [-0.25, -0.2) is 4.39 Å². The van der Waals surface area contributed by atoms with Gasteiger partial charge in [0.25, 0.3) is 5.56 Å². The zero-order valence-electron chi connectivity index (χ0n) is 18.8. The number of nitrogens with zero attached hydrogens (tertiary/aromatic N) is 2. The smallest absolute Gasteiger partial charge is 0.258 e. The highest BCUT2D eigenvalue weighted by atomic mass is 19.1. The third-order valence-corrected chi connectivity index (χ3v) is 7.67. The maximum Gasteiger partial charge on any atom is 0.258 e. The largest absolute Gasteiger partial charge is 0.396 e. The fourth-order valence-corrected chi connectivity index (χ4v) is 5.93. The summed E-state index contributed by atoms with van der Waals surface area (Å²) in [7, 11) is 1.97. The van der Waals surface area contributed by atoms with E-state index in [0.29, 0.717) is 6.54 Å². The molecule has 0 spiro atoms. The van der Waals surface area contributed by atoms with Gasteiger partial charge in [-0.1, -0.05) is 18.2 Å². The number of rotatable bonds is 5. The van der Waals surface area contributed by atoms with Crippen LogP contribution in [0.15, 0.2) is 47.3 Å². The zero-order valence-corrected chi connectivity index (χ0v) is 18.8. The Hall–Kier alpha value is -2.77. The lowest BCUT2D eigenvalue weighted by molar-refractivity contribution is -0.127. The van der Waals surface area contributed by atoms with Crippen LogP contribution in [0.5, 0.6) is 0 Å². The van der Waals surface area contributed by atoms with E-state index in [-0.39, 0.29) is 48.4 Å². The quantitative estimate of drug-likeness (QED) is 0.733. The van der Waals surface area contributed by atoms with Crippen molar-refractivity contribution in [3.8, 4) is 0 Å². The van der Waals surface area contributed by atoms with Crippen molar-refractivity contribution in [1.82, 2.24) is 14.8 Å². The Morgan fingerprint density at radius 2 is 1.97 bits per heavy atom. The Balaban J connectivity index is 1.45. The molecule has 1 aromatic heterocycles. The van der Waals surface area contributed by atoms with Crippen LogP contribution in [0.2, 0.25) is 0 Å². The molecule has 7 heteroatoms. The number of halogens is 1. The van der Waals surface area contributed by atoms with Crippen LogP contribution in [0, 0.1) is 17.7 Å². The molecular weight excluding hydrogens is 421 g/mol. The van der Waals surface area contributed by atoms with E-state index < -0.39 is 5.92 Å². The number of aliphatic hydroxyl groups excluding tert-OH is 1. The van der Waals surface area contributed by atoms with Gasteiger partial charge in [0.2, 0.25) is 5.91 Å². The van der Waals surface area contributed by atoms with Gasteiger partial charge in [0.15, 0.2) is 0 Å². The fraction of sp³-hybridized carbons (Fsp3) is 0.462. The van der Waals surface area contributed by atoms with Crippen molar-refractivity contribution in [2.75, 3.05) is 13.7 Å². The molecule has 1 fully saturated rings. The summed E-state index contributed by atoms with van der Waals surface area (Å²) in [5.74, 6) is -1.22. The summed E-state index contributed by atoms with van der Waals surface area (Å²) >= 11 is 0. The lowest BCUT2D eigenvalue weighted by atomic mass is 9.86. The molecule has 33 heavy (non-hydrogen) atoms. The van der Waals surface area contributed by atoms with Gasteiger partial charge in [0.1, 0.15) is 5.82 Å². The second-order valence-corrected chi connectivity index (χ2v) is 9.46. The van der Waals surface area contributed by atoms with Crippen molar-refractivity contribution in [2.24, 2.45) is 11.8 Å². The number of amides is 1. The van der Waals surface area contributed by atoms with E-state index in [2.05, 4.69) is 16.3 Å². The molecule has 3 heterocycles. The average Bonchev–Trinajstić information content (AvgIpc) is 3.01. The summed E-state index contributed by atoms with van der Waals surface area (Å²) in [5.41, 5.74) is 3.53. The van der Waals surface area contributed by atoms with Crippen LogP contribution >= 0.6 is 0 Å². The second kappa shape index (κ2) is 8.88. The first-order valence-corrected chi connectivity index (χ1v) is 11.8. The molecule has 2 bridgehead atoms.